The summed E-state index contributed by atoms with van der Waals surface area (Å²) < 4.78 is 2.03. The minimum atomic E-state index is -0.0928. The van der Waals surface area contributed by atoms with E-state index in [9.17, 15) is 9.59 Å². The maximum atomic E-state index is 13.2. The number of aromatic nitrogens is 1. The molecule has 0 saturated heterocycles. The van der Waals surface area contributed by atoms with Crippen LogP contribution in [0.25, 0.3) is 0 Å². The highest BCUT2D eigenvalue weighted by molar-refractivity contribution is 5.97. The average molecular weight is 384 g/mol. The molecule has 0 N–H and O–H groups in total. The number of amides is 2. The molecule has 28 heavy (non-hydrogen) atoms. The Balaban J connectivity index is 2.21. The van der Waals surface area contributed by atoms with Crippen LogP contribution in [0.2, 0.25) is 0 Å². The molecule has 2 aromatic rings. The Morgan fingerprint density at radius 1 is 1.04 bits per heavy atom. The topological polar surface area (TPSA) is 45.6 Å². The first-order chi connectivity index (χ1) is 13.2. The van der Waals surface area contributed by atoms with Gasteiger partial charge in [0.1, 0.15) is 6.54 Å². The third-order valence-electron chi connectivity index (χ3n) is 4.91. The van der Waals surface area contributed by atoms with Crippen LogP contribution in [-0.4, -0.2) is 45.3 Å². The van der Waals surface area contributed by atoms with Crippen molar-refractivity contribution >= 4 is 11.8 Å². The molecular formula is C23H33N3O2. The van der Waals surface area contributed by atoms with Crippen LogP contribution in [0.3, 0.4) is 0 Å². The van der Waals surface area contributed by atoms with Crippen LogP contribution in [0.15, 0.2) is 42.6 Å². The lowest BCUT2D eigenvalue weighted by Gasteiger charge is -2.31. The van der Waals surface area contributed by atoms with E-state index in [1.54, 1.807) is 4.90 Å². The molecule has 0 saturated carbocycles. The van der Waals surface area contributed by atoms with Crippen molar-refractivity contribution in [2.75, 3.05) is 13.1 Å². The number of aryl methyl sites for hydroxylation is 2. The number of rotatable bonds is 8. The van der Waals surface area contributed by atoms with Crippen molar-refractivity contribution in [1.29, 1.82) is 0 Å². The summed E-state index contributed by atoms with van der Waals surface area (Å²) in [5.41, 5.74) is 2.66. The molecular weight excluding hydrogens is 350 g/mol. The maximum Gasteiger partial charge on any atom is 0.254 e. The summed E-state index contributed by atoms with van der Waals surface area (Å²) in [6.45, 7) is 11.3. The fourth-order valence-corrected chi connectivity index (χ4v) is 3.25. The van der Waals surface area contributed by atoms with Crippen molar-refractivity contribution in [3.63, 3.8) is 0 Å². The van der Waals surface area contributed by atoms with E-state index in [0.717, 1.165) is 11.3 Å². The van der Waals surface area contributed by atoms with Crippen LogP contribution in [0.4, 0.5) is 0 Å². The van der Waals surface area contributed by atoms with Crippen LogP contribution in [-0.2, 0) is 18.4 Å². The Bertz CT molecular complexity index is 808. The van der Waals surface area contributed by atoms with E-state index in [1.165, 1.54) is 0 Å². The highest BCUT2D eigenvalue weighted by atomic mass is 16.2. The van der Waals surface area contributed by atoms with Gasteiger partial charge in [-0.05, 0) is 50.5 Å². The number of carbonyl (C=O) groups excluding carboxylic acids is 2. The monoisotopic (exact) mass is 383 g/mol. The van der Waals surface area contributed by atoms with E-state index in [-0.39, 0.29) is 24.4 Å². The summed E-state index contributed by atoms with van der Waals surface area (Å²) in [6.07, 6.45) is 1.98. The zero-order valence-electron chi connectivity index (χ0n) is 18.0. The predicted octanol–water partition coefficient (Wildman–Crippen LogP) is 3.87. The molecule has 0 aliphatic rings. The Labute approximate surface area is 168 Å². The third-order valence-corrected chi connectivity index (χ3v) is 4.91. The van der Waals surface area contributed by atoms with Gasteiger partial charge in [0.25, 0.3) is 5.91 Å². The molecule has 1 aromatic heterocycles. The summed E-state index contributed by atoms with van der Waals surface area (Å²) in [5.74, 6) is 0.235. The first kappa shape index (κ1) is 21.7. The SMILES string of the molecule is Cc1ccccc1C(=O)N(CC(=O)N(Cc1cccn1C)CC(C)C)C(C)C. The maximum absolute atomic E-state index is 13.2. The molecule has 0 aliphatic heterocycles. The van der Waals surface area contributed by atoms with Gasteiger partial charge in [-0.2, -0.15) is 0 Å². The minimum Gasteiger partial charge on any atom is -0.353 e. The molecule has 1 heterocycles. The molecule has 2 amide bonds. The van der Waals surface area contributed by atoms with Gasteiger partial charge in [-0.15, -0.1) is 0 Å². The highest BCUT2D eigenvalue weighted by Gasteiger charge is 2.26. The van der Waals surface area contributed by atoms with E-state index in [2.05, 4.69) is 13.8 Å². The quantitative estimate of drug-likeness (QED) is 0.695. The van der Waals surface area contributed by atoms with Crippen molar-refractivity contribution in [2.24, 2.45) is 13.0 Å². The molecule has 2 rings (SSSR count). The molecule has 0 unspecified atom stereocenters. The number of nitrogens with zero attached hydrogens (tertiary/aromatic N) is 3. The molecule has 5 heteroatoms. The first-order valence-corrected chi connectivity index (χ1v) is 9.95. The van der Waals surface area contributed by atoms with Crippen molar-refractivity contribution in [1.82, 2.24) is 14.4 Å². The molecule has 1 aromatic carbocycles. The normalized spacial score (nSPS) is 11.1. The van der Waals surface area contributed by atoms with Crippen LogP contribution < -0.4 is 0 Å². The second-order valence-corrected chi connectivity index (χ2v) is 8.12. The molecule has 0 aliphatic carbocycles. The van der Waals surface area contributed by atoms with E-state index in [1.807, 2.05) is 79.9 Å². The first-order valence-electron chi connectivity index (χ1n) is 9.95. The summed E-state index contributed by atoms with van der Waals surface area (Å²) in [7, 11) is 1.98. The highest BCUT2D eigenvalue weighted by Crippen LogP contribution is 2.15. The summed E-state index contributed by atoms with van der Waals surface area (Å²) in [6, 6.07) is 11.5. The lowest BCUT2D eigenvalue weighted by Crippen LogP contribution is -2.46. The van der Waals surface area contributed by atoms with E-state index < -0.39 is 0 Å². The van der Waals surface area contributed by atoms with Crippen LogP contribution >= 0.6 is 0 Å². The molecule has 0 radical (unpaired) electrons. The molecule has 0 spiro atoms. The third kappa shape index (κ3) is 5.47. The van der Waals surface area contributed by atoms with Crippen LogP contribution in [0.5, 0.6) is 0 Å². The fourth-order valence-electron chi connectivity index (χ4n) is 3.25. The molecule has 5 nitrogen and oxygen atoms in total. The Hall–Kier alpha value is -2.56. The zero-order valence-corrected chi connectivity index (χ0v) is 18.0. The summed E-state index contributed by atoms with van der Waals surface area (Å²) in [5, 5.41) is 0. The van der Waals surface area contributed by atoms with Gasteiger partial charge in [-0.3, -0.25) is 9.59 Å². The largest absolute Gasteiger partial charge is 0.353 e. The van der Waals surface area contributed by atoms with Crippen LogP contribution in [0.1, 0.15) is 49.3 Å². The van der Waals surface area contributed by atoms with Gasteiger partial charge >= 0.3 is 0 Å². The van der Waals surface area contributed by atoms with Crippen molar-refractivity contribution in [3.8, 4) is 0 Å². The number of carbonyl (C=O) groups is 2. The Kier molecular flexibility index (Phi) is 7.44. The number of benzene rings is 1. The predicted molar refractivity (Wildman–Crippen MR) is 113 cm³/mol. The van der Waals surface area contributed by atoms with Gasteiger partial charge in [0, 0.05) is 37.1 Å². The van der Waals surface area contributed by atoms with Crippen molar-refractivity contribution in [2.45, 2.75) is 47.2 Å². The van der Waals surface area contributed by atoms with Gasteiger partial charge in [0.15, 0.2) is 0 Å². The fraction of sp³-hybridized carbons (Fsp3) is 0.478. The van der Waals surface area contributed by atoms with Gasteiger partial charge < -0.3 is 14.4 Å². The summed E-state index contributed by atoms with van der Waals surface area (Å²) in [4.78, 5) is 29.8. The second kappa shape index (κ2) is 9.58. The zero-order chi connectivity index (χ0) is 20.8. The lowest BCUT2D eigenvalue weighted by molar-refractivity contribution is -0.133. The van der Waals surface area contributed by atoms with Gasteiger partial charge in [-0.25, -0.2) is 0 Å². The lowest BCUT2D eigenvalue weighted by atomic mass is 10.1. The summed E-state index contributed by atoms with van der Waals surface area (Å²) >= 11 is 0. The average Bonchev–Trinajstić information content (AvgIpc) is 3.03. The van der Waals surface area contributed by atoms with Crippen LogP contribution in [0, 0.1) is 12.8 Å². The second-order valence-electron chi connectivity index (χ2n) is 8.12. The van der Waals surface area contributed by atoms with E-state index in [0.29, 0.717) is 24.6 Å². The molecule has 152 valence electrons. The van der Waals surface area contributed by atoms with Gasteiger partial charge in [-0.1, -0.05) is 32.0 Å². The number of hydrogen-bond acceptors (Lipinski definition) is 2. The standard InChI is InChI=1S/C23H33N3O2/c1-17(2)14-25(15-20-11-9-13-24(20)6)22(27)16-26(18(3)4)23(28)21-12-8-7-10-19(21)5/h7-13,17-18H,14-16H2,1-6H3. The van der Waals surface area contributed by atoms with Gasteiger partial charge in [0.05, 0.1) is 6.54 Å². The molecule has 0 fully saturated rings. The minimum absolute atomic E-state index is 0.0227. The number of hydrogen-bond donors (Lipinski definition) is 0. The molecule has 0 bridgehead atoms. The Morgan fingerprint density at radius 3 is 2.25 bits per heavy atom. The molecule has 0 atom stereocenters. The van der Waals surface area contributed by atoms with E-state index >= 15 is 0 Å². The van der Waals surface area contributed by atoms with Gasteiger partial charge in [0.2, 0.25) is 5.91 Å². The smallest absolute Gasteiger partial charge is 0.254 e. The Morgan fingerprint density at radius 2 is 1.71 bits per heavy atom. The van der Waals surface area contributed by atoms with Crippen molar-refractivity contribution < 1.29 is 9.59 Å². The van der Waals surface area contributed by atoms with Crippen molar-refractivity contribution in [3.05, 3.63) is 59.4 Å². The van der Waals surface area contributed by atoms with E-state index in [4.69, 9.17) is 0 Å².